The van der Waals surface area contributed by atoms with Crippen LogP contribution in [0.3, 0.4) is 0 Å². The summed E-state index contributed by atoms with van der Waals surface area (Å²) in [5.74, 6) is 1.66. The number of nitrogens with zero attached hydrogens (tertiary/aromatic N) is 6. The van der Waals surface area contributed by atoms with Crippen molar-refractivity contribution in [3.05, 3.63) is 84.9 Å². The SMILES string of the molecule is O=C(CCc1ccccc1)Nc1cc(Nc2cnccn2)nc(-c2ccnc(N3CCN(C(=O)O)CC3)c2)c1. The average Bonchev–Trinajstić information content (AvgIpc) is 2.97. The highest BCUT2D eigenvalue weighted by Crippen LogP contribution is 2.28. The van der Waals surface area contributed by atoms with Gasteiger partial charge in [-0.15, -0.1) is 0 Å². The van der Waals surface area contributed by atoms with Gasteiger partial charge < -0.3 is 25.5 Å². The Kier molecular flexibility index (Phi) is 7.87. The number of nitrogens with one attached hydrogen (secondary N) is 2. The Balaban J connectivity index is 1.37. The number of benzene rings is 1. The predicted octanol–water partition coefficient (Wildman–Crippen LogP) is 4.05. The normalized spacial score (nSPS) is 13.1. The Morgan fingerprint density at radius 2 is 1.72 bits per heavy atom. The van der Waals surface area contributed by atoms with Gasteiger partial charge in [-0.1, -0.05) is 30.3 Å². The number of amides is 2. The molecule has 1 aliphatic heterocycles. The van der Waals surface area contributed by atoms with Gasteiger partial charge in [0.15, 0.2) is 0 Å². The maximum Gasteiger partial charge on any atom is 0.407 e. The Morgan fingerprint density at radius 1 is 0.897 bits per heavy atom. The number of aryl methyl sites for hydroxylation is 1. The fourth-order valence-electron chi connectivity index (χ4n) is 4.31. The lowest BCUT2D eigenvalue weighted by molar-refractivity contribution is -0.116. The van der Waals surface area contributed by atoms with Crippen LogP contribution in [-0.2, 0) is 11.2 Å². The van der Waals surface area contributed by atoms with Crippen LogP contribution in [0, 0.1) is 0 Å². The van der Waals surface area contributed by atoms with Crippen molar-refractivity contribution in [2.45, 2.75) is 12.8 Å². The molecule has 1 saturated heterocycles. The van der Waals surface area contributed by atoms with Crippen LogP contribution in [0.4, 0.5) is 27.9 Å². The van der Waals surface area contributed by atoms with Gasteiger partial charge in [0.2, 0.25) is 5.91 Å². The van der Waals surface area contributed by atoms with Gasteiger partial charge in [0.1, 0.15) is 17.5 Å². The van der Waals surface area contributed by atoms with Gasteiger partial charge in [0, 0.05) is 68.5 Å². The number of hydrogen-bond donors (Lipinski definition) is 3. The second-order valence-corrected chi connectivity index (χ2v) is 9.04. The molecule has 3 aromatic heterocycles. The molecule has 2 amide bonds. The number of anilines is 4. The number of pyridine rings is 2. The van der Waals surface area contributed by atoms with Gasteiger partial charge in [-0.3, -0.25) is 9.78 Å². The van der Waals surface area contributed by atoms with E-state index in [9.17, 15) is 14.7 Å². The van der Waals surface area contributed by atoms with Crippen LogP contribution >= 0.6 is 0 Å². The highest BCUT2D eigenvalue weighted by Gasteiger charge is 2.21. The molecule has 0 radical (unpaired) electrons. The minimum absolute atomic E-state index is 0.104. The summed E-state index contributed by atoms with van der Waals surface area (Å²) in [6, 6.07) is 17.2. The molecule has 0 bridgehead atoms. The lowest BCUT2D eigenvalue weighted by Crippen LogP contribution is -2.48. The Hall–Kier alpha value is -5.06. The van der Waals surface area contributed by atoms with E-state index in [1.54, 1.807) is 30.9 Å². The number of rotatable bonds is 8. The second kappa shape index (κ2) is 12.0. The lowest BCUT2D eigenvalue weighted by Gasteiger charge is -2.33. The maximum absolute atomic E-state index is 12.8. The molecule has 0 atom stereocenters. The summed E-state index contributed by atoms with van der Waals surface area (Å²) in [6.07, 6.45) is 6.53. The third-order valence-corrected chi connectivity index (χ3v) is 6.33. The topological polar surface area (TPSA) is 136 Å². The van der Waals surface area contributed by atoms with Crippen LogP contribution < -0.4 is 15.5 Å². The van der Waals surface area contributed by atoms with Gasteiger partial charge in [-0.05, 0) is 30.2 Å². The number of carboxylic acid groups (broad SMARTS) is 1. The molecular weight excluding hydrogens is 496 g/mol. The number of hydrogen-bond acceptors (Lipinski definition) is 8. The molecule has 0 unspecified atom stereocenters. The zero-order valence-electron chi connectivity index (χ0n) is 21.2. The Morgan fingerprint density at radius 3 is 2.46 bits per heavy atom. The van der Waals surface area contributed by atoms with Crippen molar-refractivity contribution in [1.29, 1.82) is 0 Å². The van der Waals surface area contributed by atoms with Crippen molar-refractivity contribution in [3.63, 3.8) is 0 Å². The molecule has 4 heterocycles. The van der Waals surface area contributed by atoms with Crippen molar-refractivity contribution in [1.82, 2.24) is 24.8 Å². The first kappa shape index (κ1) is 25.6. The van der Waals surface area contributed by atoms with Crippen LogP contribution in [0.2, 0.25) is 0 Å². The van der Waals surface area contributed by atoms with Crippen LogP contribution in [0.15, 0.2) is 79.4 Å². The largest absolute Gasteiger partial charge is 0.465 e. The van der Waals surface area contributed by atoms with Crippen LogP contribution in [-0.4, -0.2) is 68.1 Å². The summed E-state index contributed by atoms with van der Waals surface area (Å²) < 4.78 is 0. The smallest absolute Gasteiger partial charge is 0.407 e. The third kappa shape index (κ3) is 6.83. The summed E-state index contributed by atoms with van der Waals surface area (Å²) in [6.45, 7) is 1.92. The van der Waals surface area contributed by atoms with E-state index in [0.717, 1.165) is 16.9 Å². The highest BCUT2D eigenvalue weighted by atomic mass is 16.4. The number of aromatic nitrogens is 4. The molecule has 0 saturated carbocycles. The molecule has 3 N–H and O–H groups in total. The molecule has 39 heavy (non-hydrogen) atoms. The van der Waals surface area contributed by atoms with Crippen molar-refractivity contribution in [3.8, 4) is 11.3 Å². The molecule has 198 valence electrons. The zero-order chi connectivity index (χ0) is 27.0. The Bertz CT molecular complexity index is 1430. The molecule has 0 spiro atoms. The summed E-state index contributed by atoms with van der Waals surface area (Å²) in [5, 5.41) is 15.4. The number of piperazine rings is 1. The van der Waals surface area contributed by atoms with Gasteiger partial charge in [-0.25, -0.2) is 19.7 Å². The molecule has 4 aromatic rings. The van der Waals surface area contributed by atoms with Crippen molar-refractivity contribution in [2.75, 3.05) is 41.7 Å². The molecule has 11 nitrogen and oxygen atoms in total. The average molecular weight is 525 g/mol. The number of carbonyl (C=O) groups is 2. The van der Waals surface area contributed by atoms with Gasteiger partial charge in [0.25, 0.3) is 0 Å². The van der Waals surface area contributed by atoms with Crippen LogP contribution in [0.5, 0.6) is 0 Å². The zero-order valence-corrected chi connectivity index (χ0v) is 21.2. The van der Waals surface area contributed by atoms with Crippen molar-refractivity contribution >= 4 is 35.1 Å². The molecule has 1 fully saturated rings. The van der Waals surface area contributed by atoms with E-state index in [4.69, 9.17) is 4.98 Å². The summed E-state index contributed by atoms with van der Waals surface area (Å²) in [4.78, 5) is 45.1. The van der Waals surface area contributed by atoms with E-state index in [2.05, 4.69) is 30.5 Å². The van der Waals surface area contributed by atoms with E-state index in [1.807, 2.05) is 48.5 Å². The summed E-state index contributed by atoms with van der Waals surface area (Å²) >= 11 is 0. The monoisotopic (exact) mass is 524 g/mol. The molecule has 11 heteroatoms. The fourth-order valence-corrected chi connectivity index (χ4v) is 4.31. The van der Waals surface area contributed by atoms with E-state index < -0.39 is 6.09 Å². The summed E-state index contributed by atoms with van der Waals surface area (Å²) in [5.41, 5.74) is 3.14. The van der Waals surface area contributed by atoms with Gasteiger partial charge in [0.05, 0.1) is 11.9 Å². The molecule has 0 aliphatic carbocycles. The fraction of sp³-hybridized carbons (Fsp3) is 0.214. The van der Waals surface area contributed by atoms with Crippen LogP contribution in [0.1, 0.15) is 12.0 Å². The van der Waals surface area contributed by atoms with E-state index in [0.29, 0.717) is 62.0 Å². The van der Waals surface area contributed by atoms with E-state index in [-0.39, 0.29) is 5.91 Å². The van der Waals surface area contributed by atoms with E-state index in [1.165, 1.54) is 4.90 Å². The predicted molar refractivity (Wildman–Crippen MR) is 148 cm³/mol. The second-order valence-electron chi connectivity index (χ2n) is 9.04. The quantitative estimate of drug-likeness (QED) is 0.312. The summed E-state index contributed by atoms with van der Waals surface area (Å²) in [7, 11) is 0. The first-order valence-electron chi connectivity index (χ1n) is 12.6. The van der Waals surface area contributed by atoms with E-state index >= 15 is 0 Å². The first-order chi connectivity index (χ1) is 19.0. The lowest BCUT2D eigenvalue weighted by atomic mass is 10.1. The minimum atomic E-state index is -0.911. The maximum atomic E-state index is 12.8. The number of carbonyl (C=O) groups excluding carboxylic acids is 1. The minimum Gasteiger partial charge on any atom is -0.465 e. The standard InChI is InChI=1S/C28H28N8O3/c37-27(7-6-20-4-2-1-3-5-20)32-22-17-23(33-24(18-22)34-25-19-29-10-11-30-25)21-8-9-31-26(16-21)35-12-14-36(15-13-35)28(38)39/h1-5,8-11,16-19H,6-7,12-15H2,(H,38,39)(H2,30,32,33,34,37). The first-order valence-corrected chi connectivity index (χ1v) is 12.6. The van der Waals surface area contributed by atoms with Crippen LogP contribution in [0.25, 0.3) is 11.3 Å². The molecule has 1 aliphatic rings. The molecule has 1 aromatic carbocycles. The molecule has 5 rings (SSSR count). The Labute approximate surface area is 225 Å². The van der Waals surface area contributed by atoms with Gasteiger partial charge in [-0.2, -0.15) is 0 Å². The molecular formula is C28H28N8O3. The van der Waals surface area contributed by atoms with Crippen molar-refractivity contribution in [2.24, 2.45) is 0 Å². The highest BCUT2D eigenvalue weighted by molar-refractivity contribution is 5.92. The van der Waals surface area contributed by atoms with Gasteiger partial charge >= 0.3 is 6.09 Å². The third-order valence-electron chi connectivity index (χ3n) is 6.33. The van der Waals surface area contributed by atoms with Crippen molar-refractivity contribution < 1.29 is 14.7 Å².